The Morgan fingerprint density at radius 3 is 2.73 bits per heavy atom. The van der Waals surface area contributed by atoms with E-state index < -0.39 is 0 Å². The molecule has 1 saturated heterocycles. The lowest BCUT2D eigenvalue weighted by atomic mass is 10.2. The first-order chi connectivity index (χ1) is 5.11. The first kappa shape index (κ1) is 8.53. The number of carbonyl (C=O) groups excluding carboxylic acids is 1. The summed E-state index contributed by atoms with van der Waals surface area (Å²) in [5.74, 6) is 0.510. The van der Waals surface area contributed by atoms with Crippen LogP contribution in [0.1, 0.15) is 20.3 Å². The lowest BCUT2D eigenvalue weighted by Gasteiger charge is -2.20. The highest BCUT2D eigenvalue weighted by atomic mass is 16.1. The molecule has 3 nitrogen and oxygen atoms in total. The Bertz CT molecular complexity index is 158. The Morgan fingerprint density at radius 1 is 1.73 bits per heavy atom. The van der Waals surface area contributed by atoms with Gasteiger partial charge in [-0.15, -0.1) is 0 Å². The standard InChI is InChI=1S/C8H16N2O/c1-6-3-4-10(5-6)7(2)8(9)11/h6-7H,3-5H2,1-2H3,(H2,9,11). The minimum atomic E-state index is -0.209. The summed E-state index contributed by atoms with van der Waals surface area (Å²) in [6.45, 7) is 6.11. The zero-order valence-electron chi connectivity index (χ0n) is 7.21. The van der Waals surface area contributed by atoms with Gasteiger partial charge in [0.1, 0.15) is 0 Å². The summed E-state index contributed by atoms with van der Waals surface area (Å²) in [4.78, 5) is 12.9. The van der Waals surface area contributed by atoms with E-state index in [1.807, 2.05) is 6.92 Å². The monoisotopic (exact) mass is 156 g/mol. The van der Waals surface area contributed by atoms with Crippen molar-refractivity contribution in [2.75, 3.05) is 13.1 Å². The number of hydrogen-bond acceptors (Lipinski definition) is 2. The molecular weight excluding hydrogens is 140 g/mol. The van der Waals surface area contributed by atoms with Gasteiger partial charge in [-0.25, -0.2) is 0 Å². The van der Waals surface area contributed by atoms with Crippen molar-refractivity contribution in [2.45, 2.75) is 26.3 Å². The molecule has 0 spiro atoms. The molecule has 64 valence electrons. The van der Waals surface area contributed by atoms with Crippen molar-refractivity contribution in [2.24, 2.45) is 11.7 Å². The van der Waals surface area contributed by atoms with E-state index >= 15 is 0 Å². The molecule has 3 heteroatoms. The number of primary amides is 1. The van der Waals surface area contributed by atoms with E-state index in [1.54, 1.807) is 0 Å². The first-order valence-corrected chi connectivity index (χ1v) is 4.14. The minimum absolute atomic E-state index is 0.0834. The van der Waals surface area contributed by atoms with Crippen LogP contribution in [0, 0.1) is 5.92 Å². The molecule has 0 aromatic carbocycles. The van der Waals surface area contributed by atoms with E-state index in [9.17, 15) is 4.79 Å². The van der Waals surface area contributed by atoms with Gasteiger partial charge in [0.25, 0.3) is 0 Å². The van der Waals surface area contributed by atoms with E-state index in [0.717, 1.165) is 19.0 Å². The minimum Gasteiger partial charge on any atom is -0.368 e. The van der Waals surface area contributed by atoms with Gasteiger partial charge in [0, 0.05) is 6.54 Å². The molecule has 2 N–H and O–H groups in total. The molecule has 1 heterocycles. The van der Waals surface area contributed by atoms with E-state index in [-0.39, 0.29) is 11.9 Å². The van der Waals surface area contributed by atoms with Crippen molar-refractivity contribution < 1.29 is 4.79 Å². The topological polar surface area (TPSA) is 46.3 Å². The van der Waals surface area contributed by atoms with E-state index in [4.69, 9.17) is 5.73 Å². The molecular formula is C8H16N2O. The summed E-state index contributed by atoms with van der Waals surface area (Å²) in [5.41, 5.74) is 5.18. The maximum atomic E-state index is 10.8. The number of nitrogens with two attached hydrogens (primary N) is 1. The van der Waals surface area contributed by atoms with Crippen LogP contribution in [0.3, 0.4) is 0 Å². The molecule has 0 bridgehead atoms. The van der Waals surface area contributed by atoms with Crippen LogP contribution >= 0.6 is 0 Å². The van der Waals surface area contributed by atoms with Crippen LogP contribution in [-0.4, -0.2) is 29.9 Å². The molecule has 2 atom stereocenters. The molecule has 0 saturated carbocycles. The summed E-state index contributed by atoms with van der Waals surface area (Å²) < 4.78 is 0. The highest BCUT2D eigenvalue weighted by Crippen LogP contribution is 2.16. The zero-order chi connectivity index (χ0) is 8.43. The third-order valence-corrected chi connectivity index (χ3v) is 2.41. The summed E-state index contributed by atoms with van der Waals surface area (Å²) in [5, 5.41) is 0. The van der Waals surface area contributed by atoms with Gasteiger partial charge in [0.05, 0.1) is 6.04 Å². The van der Waals surface area contributed by atoms with Crippen LogP contribution < -0.4 is 5.73 Å². The fourth-order valence-corrected chi connectivity index (χ4v) is 1.50. The normalized spacial score (nSPS) is 28.7. The molecule has 1 rings (SSSR count). The average Bonchev–Trinajstić information content (AvgIpc) is 2.34. The second-order valence-electron chi connectivity index (χ2n) is 3.47. The highest BCUT2D eigenvalue weighted by molar-refractivity contribution is 5.79. The van der Waals surface area contributed by atoms with Crippen molar-refractivity contribution >= 4 is 5.91 Å². The number of amides is 1. The second-order valence-corrected chi connectivity index (χ2v) is 3.47. The van der Waals surface area contributed by atoms with Crippen LogP contribution in [-0.2, 0) is 4.79 Å². The molecule has 0 aromatic rings. The maximum Gasteiger partial charge on any atom is 0.234 e. The van der Waals surface area contributed by atoms with E-state index in [2.05, 4.69) is 11.8 Å². The fraction of sp³-hybridized carbons (Fsp3) is 0.875. The van der Waals surface area contributed by atoms with E-state index in [0.29, 0.717) is 0 Å². The second kappa shape index (κ2) is 3.22. The number of carbonyl (C=O) groups is 1. The Balaban J connectivity index is 2.43. The molecule has 1 aliphatic rings. The predicted molar refractivity (Wildman–Crippen MR) is 44.0 cm³/mol. The lowest BCUT2D eigenvalue weighted by molar-refractivity contribution is -0.122. The zero-order valence-corrected chi connectivity index (χ0v) is 7.21. The third-order valence-electron chi connectivity index (χ3n) is 2.41. The van der Waals surface area contributed by atoms with Crippen molar-refractivity contribution in [1.29, 1.82) is 0 Å². The summed E-state index contributed by atoms with van der Waals surface area (Å²) in [7, 11) is 0. The molecule has 1 fully saturated rings. The van der Waals surface area contributed by atoms with Gasteiger partial charge in [-0.3, -0.25) is 9.69 Å². The molecule has 11 heavy (non-hydrogen) atoms. The van der Waals surface area contributed by atoms with Crippen LogP contribution in [0.2, 0.25) is 0 Å². The smallest absolute Gasteiger partial charge is 0.234 e. The number of hydrogen-bond donors (Lipinski definition) is 1. The van der Waals surface area contributed by atoms with Crippen molar-refractivity contribution in [3.63, 3.8) is 0 Å². The predicted octanol–water partition coefficient (Wildman–Crippen LogP) is 0.202. The average molecular weight is 156 g/mol. The number of likely N-dealkylation sites (tertiary alicyclic amines) is 1. The van der Waals surface area contributed by atoms with Crippen LogP contribution in [0.4, 0.5) is 0 Å². The number of nitrogens with zero attached hydrogens (tertiary/aromatic N) is 1. The molecule has 1 aliphatic heterocycles. The third kappa shape index (κ3) is 1.93. The Kier molecular flexibility index (Phi) is 2.49. The Labute approximate surface area is 67.5 Å². The van der Waals surface area contributed by atoms with Gasteiger partial charge >= 0.3 is 0 Å². The van der Waals surface area contributed by atoms with Gasteiger partial charge in [-0.2, -0.15) is 0 Å². The van der Waals surface area contributed by atoms with Crippen LogP contribution in [0.25, 0.3) is 0 Å². The van der Waals surface area contributed by atoms with Crippen molar-refractivity contribution in [1.82, 2.24) is 4.90 Å². The van der Waals surface area contributed by atoms with E-state index in [1.165, 1.54) is 6.42 Å². The van der Waals surface area contributed by atoms with Gasteiger partial charge in [0.2, 0.25) is 5.91 Å². The summed E-state index contributed by atoms with van der Waals surface area (Å²) in [6, 6.07) is -0.0834. The highest BCUT2D eigenvalue weighted by Gasteiger charge is 2.25. The Morgan fingerprint density at radius 2 is 2.36 bits per heavy atom. The van der Waals surface area contributed by atoms with Crippen LogP contribution in [0.5, 0.6) is 0 Å². The van der Waals surface area contributed by atoms with Gasteiger partial charge in [-0.05, 0) is 25.8 Å². The lowest BCUT2D eigenvalue weighted by Crippen LogP contribution is -2.41. The quantitative estimate of drug-likeness (QED) is 0.621. The first-order valence-electron chi connectivity index (χ1n) is 4.14. The maximum absolute atomic E-state index is 10.8. The van der Waals surface area contributed by atoms with Crippen molar-refractivity contribution in [3.05, 3.63) is 0 Å². The molecule has 1 amide bonds. The fourth-order valence-electron chi connectivity index (χ4n) is 1.50. The van der Waals surface area contributed by atoms with Gasteiger partial charge < -0.3 is 5.73 Å². The van der Waals surface area contributed by atoms with Crippen molar-refractivity contribution in [3.8, 4) is 0 Å². The molecule has 0 radical (unpaired) electrons. The van der Waals surface area contributed by atoms with Gasteiger partial charge in [0.15, 0.2) is 0 Å². The molecule has 0 aromatic heterocycles. The largest absolute Gasteiger partial charge is 0.368 e. The summed E-state index contributed by atoms with van der Waals surface area (Å²) >= 11 is 0. The van der Waals surface area contributed by atoms with Gasteiger partial charge in [-0.1, -0.05) is 6.92 Å². The van der Waals surface area contributed by atoms with Crippen LogP contribution in [0.15, 0.2) is 0 Å². The number of rotatable bonds is 2. The molecule has 2 unspecified atom stereocenters. The molecule has 0 aliphatic carbocycles. The summed E-state index contributed by atoms with van der Waals surface area (Å²) in [6.07, 6.45) is 1.19. The Hall–Kier alpha value is -0.570. The SMILES string of the molecule is CC1CCN(C(C)C(N)=O)C1.